The molecule has 0 aromatic heterocycles. The predicted molar refractivity (Wildman–Crippen MR) is 96.0 cm³/mol. The Labute approximate surface area is 139 Å². The van der Waals surface area contributed by atoms with Crippen LogP contribution in [0.15, 0.2) is 29.4 Å². The van der Waals surface area contributed by atoms with Gasteiger partial charge in [0, 0.05) is 18.8 Å². The van der Waals surface area contributed by atoms with E-state index in [4.69, 9.17) is 0 Å². The first-order valence-corrected chi connectivity index (χ1v) is 8.62. The number of nitrogens with one attached hydrogen (secondary N) is 1. The van der Waals surface area contributed by atoms with Gasteiger partial charge in [-0.25, -0.2) is 5.43 Å². The van der Waals surface area contributed by atoms with Crippen LogP contribution in [-0.4, -0.2) is 49.7 Å². The maximum absolute atomic E-state index is 11.8. The second kappa shape index (κ2) is 9.30. The number of carbonyl (C=O) groups excluding carboxylic acids is 1. The highest BCUT2D eigenvalue weighted by Crippen LogP contribution is 2.14. The molecule has 0 aliphatic carbocycles. The van der Waals surface area contributed by atoms with Crippen LogP contribution >= 0.6 is 0 Å². The number of hydrogen-bond donors (Lipinski definition) is 1. The van der Waals surface area contributed by atoms with Crippen LogP contribution in [0.1, 0.15) is 38.7 Å². The Hall–Kier alpha value is -1.88. The fraction of sp³-hybridized carbons (Fsp3) is 0.556. The molecule has 2 rings (SSSR count). The van der Waals surface area contributed by atoms with Crippen molar-refractivity contribution in [1.29, 1.82) is 0 Å². The Morgan fingerprint density at radius 1 is 1.17 bits per heavy atom. The molecular formula is C18H28N4O. The van der Waals surface area contributed by atoms with Crippen LogP contribution in [0.5, 0.6) is 0 Å². The lowest BCUT2D eigenvalue weighted by Gasteiger charge is -2.25. The van der Waals surface area contributed by atoms with Crippen LogP contribution in [0, 0.1) is 0 Å². The molecule has 5 heteroatoms. The number of rotatable bonds is 7. The lowest BCUT2D eigenvalue weighted by atomic mass is 10.1. The third-order valence-electron chi connectivity index (χ3n) is 4.24. The standard InChI is InChI=1S/C18H28N4O/c1-3-22(4-2)17-10-8-16(9-11-17)14-19-20-18(23)15-21-12-6-5-7-13-21/h8-11,14H,3-7,12-13,15H2,1-2H3,(H,20,23)/b19-14-. The van der Waals surface area contributed by atoms with Gasteiger partial charge in [-0.3, -0.25) is 9.69 Å². The second-order valence-corrected chi connectivity index (χ2v) is 5.89. The number of nitrogens with zero attached hydrogens (tertiary/aromatic N) is 3. The summed E-state index contributed by atoms with van der Waals surface area (Å²) in [4.78, 5) is 16.3. The predicted octanol–water partition coefficient (Wildman–Crippen LogP) is 2.47. The molecule has 1 aromatic rings. The number of amides is 1. The van der Waals surface area contributed by atoms with Gasteiger partial charge in [0.15, 0.2) is 0 Å². The number of likely N-dealkylation sites (tertiary alicyclic amines) is 1. The molecule has 1 N–H and O–H groups in total. The van der Waals surface area contributed by atoms with Crippen molar-refractivity contribution >= 4 is 17.8 Å². The third kappa shape index (κ3) is 5.67. The minimum atomic E-state index is -0.0390. The van der Waals surface area contributed by atoms with E-state index in [1.54, 1.807) is 6.21 Å². The molecule has 126 valence electrons. The quantitative estimate of drug-likeness (QED) is 0.621. The zero-order chi connectivity index (χ0) is 16.5. The average Bonchev–Trinajstić information content (AvgIpc) is 2.58. The van der Waals surface area contributed by atoms with E-state index >= 15 is 0 Å². The van der Waals surface area contributed by atoms with E-state index in [-0.39, 0.29) is 5.91 Å². The van der Waals surface area contributed by atoms with E-state index in [1.807, 2.05) is 12.1 Å². The summed E-state index contributed by atoms with van der Waals surface area (Å²) in [5, 5.41) is 4.06. The maximum atomic E-state index is 11.8. The first-order chi connectivity index (χ1) is 11.2. The van der Waals surface area contributed by atoms with Crippen molar-refractivity contribution in [3.05, 3.63) is 29.8 Å². The summed E-state index contributed by atoms with van der Waals surface area (Å²) in [6.07, 6.45) is 5.35. The number of piperidine rings is 1. The number of anilines is 1. The molecule has 0 spiro atoms. The lowest BCUT2D eigenvalue weighted by Crippen LogP contribution is -2.38. The van der Waals surface area contributed by atoms with Crippen LogP contribution < -0.4 is 10.3 Å². The van der Waals surface area contributed by atoms with Gasteiger partial charge in [-0.05, 0) is 57.5 Å². The minimum Gasteiger partial charge on any atom is -0.372 e. The smallest absolute Gasteiger partial charge is 0.254 e. The Kier molecular flexibility index (Phi) is 7.07. The van der Waals surface area contributed by atoms with Crippen LogP contribution in [0.2, 0.25) is 0 Å². The molecule has 23 heavy (non-hydrogen) atoms. The topological polar surface area (TPSA) is 47.9 Å². The van der Waals surface area contributed by atoms with Gasteiger partial charge in [0.2, 0.25) is 0 Å². The van der Waals surface area contributed by atoms with Gasteiger partial charge in [0.25, 0.3) is 5.91 Å². The molecule has 1 aliphatic heterocycles. The number of hydrazone groups is 1. The van der Waals surface area contributed by atoms with Crippen molar-refractivity contribution in [3.63, 3.8) is 0 Å². The van der Waals surface area contributed by atoms with E-state index < -0.39 is 0 Å². The highest BCUT2D eigenvalue weighted by Gasteiger charge is 2.13. The number of benzene rings is 1. The van der Waals surface area contributed by atoms with E-state index in [9.17, 15) is 4.79 Å². The van der Waals surface area contributed by atoms with Gasteiger partial charge in [-0.1, -0.05) is 18.6 Å². The van der Waals surface area contributed by atoms with Crippen LogP contribution in [-0.2, 0) is 4.79 Å². The van der Waals surface area contributed by atoms with Gasteiger partial charge in [-0.2, -0.15) is 5.10 Å². The minimum absolute atomic E-state index is 0.0390. The Bertz CT molecular complexity index is 502. The number of hydrogen-bond acceptors (Lipinski definition) is 4. The lowest BCUT2D eigenvalue weighted by molar-refractivity contribution is -0.122. The van der Waals surface area contributed by atoms with E-state index in [2.05, 4.69) is 46.3 Å². The fourth-order valence-electron chi connectivity index (χ4n) is 2.89. The van der Waals surface area contributed by atoms with Crippen molar-refractivity contribution in [2.45, 2.75) is 33.1 Å². The van der Waals surface area contributed by atoms with Crippen LogP contribution in [0.4, 0.5) is 5.69 Å². The van der Waals surface area contributed by atoms with Gasteiger partial charge < -0.3 is 4.90 Å². The summed E-state index contributed by atoms with van der Waals surface area (Å²) in [5.41, 5.74) is 4.81. The molecule has 0 radical (unpaired) electrons. The van der Waals surface area contributed by atoms with Crippen molar-refractivity contribution in [1.82, 2.24) is 10.3 Å². The normalized spacial score (nSPS) is 15.7. The SMILES string of the molecule is CCN(CC)c1ccc(/C=N\NC(=O)CN2CCCCC2)cc1. The van der Waals surface area contributed by atoms with Gasteiger partial charge in [0.05, 0.1) is 12.8 Å². The summed E-state index contributed by atoms with van der Waals surface area (Å²) in [7, 11) is 0. The molecule has 5 nitrogen and oxygen atoms in total. The van der Waals surface area contributed by atoms with E-state index in [0.29, 0.717) is 6.54 Å². The first-order valence-electron chi connectivity index (χ1n) is 8.62. The maximum Gasteiger partial charge on any atom is 0.254 e. The molecule has 1 fully saturated rings. The largest absolute Gasteiger partial charge is 0.372 e. The number of carbonyl (C=O) groups is 1. The molecule has 0 saturated carbocycles. The van der Waals surface area contributed by atoms with Crippen LogP contribution in [0.25, 0.3) is 0 Å². The van der Waals surface area contributed by atoms with E-state index in [1.165, 1.54) is 24.9 Å². The summed E-state index contributed by atoms with van der Waals surface area (Å²) >= 11 is 0. The summed E-state index contributed by atoms with van der Waals surface area (Å²) in [6, 6.07) is 8.22. The second-order valence-electron chi connectivity index (χ2n) is 5.89. The van der Waals surface area contributed by atoms with Crippen LogP contribution in [0.3, 0.4) is 0 Å². The van der Waals surface area contributed by atoms with Crippen molar-refractivity contribution in [2.24, 2.45) is 5.10 Å². The summed E-state index contributed by atoms with van der Waals surface area (Å²) in [6.45, 7) is 8.77. The molecule has 0 unspecified atom stereocenters. The van der Waals surface area contributed by atoms with Gasteiger partial charge >= 0.3 is 0 Å². The zero-order valence-corrected chi connectivity index (χ0v) is 14.3. The molecule has 0 bridgehead atoms. The molecule has 1 aromatic carbocycles. The van der Waals surface area contributed by atoms with Crippen molar-refractivity contribution < 1.29 is 4.79 Å². The average molecular weight is 316 g/mol. The highest BCUT2D eigenvalue weighted by molar-refractivity contribution is 5.83. The summed E-state index contributed by atoms with van der Waals surface area (Å²) in [5.74, 6) is -0.0390. The monoisotopic (exact) mass is 316 g/mol. The molecule has 1 saturated heterocycles. The Morgan fingerprint density at radius 2 is 1.83 bits per heavy atom. The van der Waals surface area contributed by atoms with Gasteiger partial charge in [0.1, 0.15) is 0 Å². The third-order valence-corrected chi connectivity index (χ3v) is 4.24. The highest BCUT2D eigenvalue weighted by atomic mass is 16.2. The Balaban J connectivity index is 1.79. The molecular weight excluding hydrogens is 288 g/mol. The zero-order valence-electron chi connectivity index (χ0n) is 14.3. The Morgan fingerprint density at radius 3 is 2.43 bits per heavy atom. The fourth-order valence-corrected chi connectivity index (χ4v) is 2.89. The first kappa shape index (κ1) is 17.5. The molecule has 1 aliphatic rings. The van der Waals surface area contributed by atoms with E-state index in [0.717, 1.165) is 31.7 Å². The van der Waals surface area contributed by atoms with Gasteiger partial charge in [-0.15, -0.1) is 0 Å². The van der Waals surface area contributed by atoms with Crippen molar-refractivity contribution in [2.75, 3.05) is 37.6 Å². The molecule has 1 amide bonds. The molecule has 1 heterocycles. The summed E-state index contributed by atoms with van der Waals surface area (Å²) < 4.78 is 0. The van der Waals surface area contributed by atoms with Crippen molar-refractivity contribution in [3.8, 4) is 0 Å². The molecule has 0 atom stereocenters.